The number of rotatable bonds is 5. The van der Waals surface area contributed by atoms with Gasteiger partial charge in [0.1, 0.15) is 11.0 Å². The van der Waals surface area contributed by atoms with Crippen LogP contribution in [0.4, 0.5) is 4.39 Å². The van der Waals surface area contributed by atoms with Gasteiger partial charge in [-0.1, -0.05) is 23.7 Å². The van der Waals surface area contributed by atoms with E-state index in [1.807, 2.05) is 13.0 Å². The molecule has 116 valence electrons. The van der Waals surface area contributed by atoms with Gasteiger partial charge < -0.3 is 5.32 Å². The number of benzene rings is 1. The molecule has 1 N–H and O–H groups in total. The molecular formula is C16H17ClFN3O. The van der Waals surface area contributed by atoms with Gasteiger partial charge in [0.25, 0.3) is 0 Å². The molecule has 0 saturated heterocycles. The Morgan fingerprint density at radius 2 is 2.27 bits per heavy atom. The molecule has 4 nitrogen and oxygen atoms in total. The van der Waals surface area contributed by atoms with E-state index < -0.39 is 0 Å². The fourth-order valence-electron chi connectivity index (χ4n) is 2.08. The molecular weight excluding hydrogens is 305 g/mol. The highest BCUT2D eigenvalue weighted by atomic mass is 35.5. The Morgan fingerprint density at radius 3 is 2.91 bits per heavy atom. The number of carbonyl (C=O) groups excluding carboxylic acids is 1. The lowest BCUT2D eigenvalue weighted by Gasteiger charge is -2.03. The lowest BCUT2D eigenvalue weighted by Crippen LogP contribution is -2.23. The smallest absolute Gasteiger partial charge is 0.244 e. The van der Waals surface area contributed by atoms with E-state index in [0.717, 1.165) is 16.8 Å². The van der Waals surface area contributed by atoms with Gasteiger partial charge in [0, 0.05) is 25.2 Å². The van der Waals surface area contributed by atoms with Crippen LogP contribution in [0, 0.1) is 12.7 Å². The Hall–Kier alpha value is -2.14. The minimum atomic E-state index is -0.273. The summed E-state index contributed by atoms with van der Waals surface area (Å²) in [6, 6.07) is 6.33. The molecule has 0 unspecified atom stereocenters. The lowest BCUT2D eigenvalue weighted by molar-refractivity contribution is -0.116. The van der Waals surface area contributed by atoms with E-state index >= 15 is 0 Å². The minimum absolute atomic E-state index is 0.226. The number of aryl methyl sites for hydroxylation is 2. The number of nitrogens with one attached hydrogen (secondary N) is 1. The molecule has 0 saturated carbocycles. The summed E-state index contributed by atoms with van der Waals surface area (Å²) in [4.78, 5) is 11.8. The van der Waals surface area contributed by atoms with Crippen LogP contribution in [-0.2, 0) is 18.3 Å². The van der Waals surface area contributed by atoms with Crippen LogP contribution in [-0.4, -0.2) is 22.2 Å². The minimum Gasteiger partial charge on any atom is -0.352 e. The normalized spacial score (nSPS) is 11.1. The first kappa shape index (κ1) is 16.2. The second-order valence-electron chi connectivity index (χ2n) is 4.92. The van der Waals surface area contributed by atoms with Crippen LogP contribution < -0.4 is 5.32 Å². The highest BCUT2D eigenvalue weighted by molar-refractivity contribution is 6.31. The average molecular weight is 322 g/mol. The maximum atomic E-state index is 13.0. The van der Waals surface area contributed by atoms with Crippen LogP contribution >= 0.6 is 11.6 Å². The molecule has 1 heterocycles. The summed E-state index contributed by atoms with van der Waals surface area (Å²) in [6.45, 7) is 2.26. The van der Waals surface area contributed by atoms with Crippen molar-refractivity contribution in [1.82, 2.24) is 15.1 Å². The molecule has 0 aliphatic carbocycles. The summed E-state index contributed by atoms with van der Waals surface area (Å²) < 4.78 is 14.6. The van der Waals surface area contributed by atoms with Crippen LogP contribution in [0.2, 0.25) is 5.15 Å². The molecule has 0 radical (unpaired) electrons. The Morgan fingerprint density at radius 1 is 1.50 bits per heavy atom. The van der Waals surface area contributed by atoms with Crippen LogP contribution in [0.25, 0.3) is 6.08 Å². The fourth-order valence-corrected chi connectivity index (χ4v) is 2.31. The number of nitrogens with zero attached hydrogens (tertiary/aromatic N) is 2. The predicted molar refractivity (Wildman–Crippen MR) is 85.1 cm³/mol. The second kappa shape index (κ2) is 7.22. The summed E-state index contributed by atoms with van der Waals surface area (Å²) in [6.07, 6.45) is 3.63. The molecule has 1 amide bonds. The molecule has 0 atom stereocenters. The van der Waals surface area contributed by atoms with E-state index in [2.05, 4.69) is 10.4 Å². The zero-order valence-corrected chi connectivity index (χ0v) is 13.2. The zero-order chi connectivity index (χ0) is 16.1. The highest BCUT2D eigenvalue weighted by Gasteiger charge is 2.08. The number of aromatic nitrogens is 2. The number of halogens is 2. The molecule has 2 aromatic rings. The molecule has 0 spiro atoms. The summed E-state index contributed by atoms with van der Waals surface area (Å²) in [5.74, 6) is -0.499. The summed E-state index contributed by atoms with van der Waals surface area (Å²) in [5.41, 5.74) is 2.33. The Bertz CT molecular complexity index is 709. The molecule has 2 rings (SSSR count). The zero-order valence-electron chi connectivity index (χ0n) is 12.4. The van der Waals surface area contributed by atoms with Crippen LogP contribution in [0.5, 0.6) is 0 Å². The van der Waals surface area contributed by atoms with Crippen molar-refractivity contribution in [3.05, 3.63) is 58.1 Å². The molecule has 1 aromatic heterocycles. The Kier molecular flexibility index (Phi) is 5.33. The molecule has 0 aliphatic heterocycles. The largest absolute Gasteiger partial charge is 0.352 e. The van der Waals surface area contributed by atoms with Gasteiger partial charge in [-0.2, -0.15) is 5.10 Å². The molecule has 0 fully saturated rings. The van der Waals surface area contributed by atoms with Gasteiger partial charge in [0.05, 0.1) is 5.69 Å². The molecule has 0 aliphatic rings. The number of hydrogen-bond acceptors (Lipinski definition) is 2. The van der Waals surface area contributed by atoms with Crippen molar-refractivity contribution in [2.45, 2.75) is 13.3 Å². The Labute approximate surface area is 133 Å². The van der Waals surface area contributed by atoms with Gasteiger partial charge in [-0.05, 0) is 37.1 Å². The van der Waals surface area contributed by atoms with Gasteiger partial charge in [-0.3, -0.25) is 9.48 Å². The van der Waals surface area contributed by atoms with Gasteiger partial charge in [-0.15, -0.1) is 0 Å². The number of hydrogen-bond donors (Lipinski definition) is 1. The van der Waals surface area contributed by atoms with E-state index in [-0.39, 0.29) is 11.7 Å². The van der Waals surface area contributed by atoms with Crippen molar-refractivity contribution in [3.8, 4) is 0 Å². The van der Waals surface area contributed by atoms with Crippen molar-refractivity contribution in [2.75, 3.05) is 6.54 Å². The van der Waals surface area contributed by atoms with Crippen LogP contribution in [0.1, 0.15) is 16.8 Å². The lowest BCUT2D eigenvalue weighted by atomic mass is 10.1. The molecule has 22 heavy (non-hydrogen) atoms. The standard InChI is InChI=1S/C16H17ClFN3O/c1-11-14(16(17)21(2)20-11)6-7-15(22)19-9-8-12-4-3-5-13(18)10-12/h3-7,10H,8-9H2,1-2H3,(H,19,22)/b7-6+. The maximum absolute atomic E-state index is 13.0. The molecule has 6 heteroatoms. The maximum Gasteiger partial charge on any atom is 0.244 e. The van der Waals surface area contributed by atoms with Crippen LogP contribution in [0.3, 0.4) is 0 Å². The summed E-state index contributed by atoms with van der Waals surface area (Å²) in [7, 11) is 1.74. The first-order valence-electron chi connectivity index (χ1n) is 6.87. The van der Waals surface area contributed by atoms with Gasteiger partial charge >= 0.3 is 0 Å². The highest BCUT2D eigenvalue weighted by Crippen LogP contribution is 2.19. The van der Waals surface area contributed by atoms with Crippen molar-refractivity contribution in [3.63, 3.8) is 0 Å². The summed E-state index contributed by atoms with van der Waals surface area (Å²) >= 11 is 6.08. The van der Waals surface area contributed by atoms with E-state index in [0.29, 0.717) is 18.1 Å². The summed E-state index contributed by atoms with van der Waals surface area (Å²) in [5, 5.41) is 7.40. The number of amides is 1. The molecule has 0 bridgehead atoms. The van der Waals surface area contributed by atoms with E-state index in [1.165, 1.54) is 18.2 Å². The monoisotopic (exact) mass is 321 g/mol. The van der Waals surface area contributed by atoms with E-state index in [1.54, 1.807) is 23.9 Å². The third-order valence-electron chi connectivity index (χ3n) is 3.20. The van der Waals surface area contributed by atoms with Crippen LogP contribution in [0.15, 0.2) is 30.3 Å². The topological polar surface area (TPSA) is 46.9 Å². The van der Waals surface area contributed by atoms with Crippen molar-refractivity contribution in [2.24, 2.45) is 7.05 Å². The fraction of sp³-hybridized carbons (Fsp3) is 0.250. The Balaban J connectivity index is 1.86. The third-order valence-corrected chi connectivity index (χ3v) is 3.65. The second-order valence-corrected chi connectivity index (χ2v) is 5.28. The average Bonchev–Trinajstić information content (AvgIpc) is 2.70. The third kappa shape index (κ3) is 4.18. The van der Waals surface area contributed by atoms with Crippen molar-refractivity contribution in [1.29, 1.82) is 0 Å². The first-order valence-corrected chi connectivity index (χ1v) is 7.24. The predicted octanol–water partition coefficient (Wildman–Crippen LogP) is 2.89. The number of carbonyl (C=O) groups is 1. The van der Waals surface area contributed by atoms with Gasteiger partial charge in [-0.25, -0.2) is 4.39 Å². The van der Waals surface area contributed by atoms with Crippen molar-refractivity contribution >= 4 is 23.6 Å². The first-order chi connectivity index (χ1) is 10.5. The van der Waals surface area contributed by atoms with Gasteiger partial charge in [0.15, 0.2) is 0 Å². The van der Waals surface area contributed by atoms with Crippen molar-refractivity contribution < 1.29 is 9.18 Å². The molecule has 1 aromatic carbocycles. The quantitative estimate of drug-likeness (QED) is 0.861. The van der Waals surface area contributed by atoms with E-state index in [9.17, 15) is 9.18 Å². The van der Waals surface area contributed by atoms with E-state index in [4.69, 9.17) is 11.6 Å². The SMILES string of the molecule is Cc1nn(C)c(Cl)c1/C=C/C(=O)NCCc1cccc(F)c1. The van der Waals surface area contributed by atoms with Gasteiger partial charge in [0.2, 0.25) is 5.91 Å².